The highest BCUT2D eigenvalue weighted by Gasteiger charge is 2.41. The van der Waals surface area contributed by atoms with Crippen molar-refractivity contribution in [1.29, 1.82) is 0 Å². The average molecular weight is 285 g/mol. The van der Waals surface area contributed by atoms with Gasteiger partial charge in [-0.1, -0.05) is 11.6 Å². The zero-order valence-electron chi connectivity index (χ0n) is 10.8. The Kier molecular flexibility index (Phi) is 4.27. The van der Waals surface area contributed by atoms with Crippen LogP contribution >= 0.6 is 11.6 Å². The molecule has 0 bridgehead atoms. The molecule has 1 fully saturated rings. The molecule has 0 saturated heterocycles. The zero-order valence-corrected chi connectivity index (χ0v) is 11.5. The molecule has 1 aromatic rings. The lowest BCUT2D eigenvalue weighted by molar-refractivity contribution is 0.0697. The Morgan fingerprint density at radius 3 is 2.89 bits per heavy atom. The Labute approximate surface area is 116 Å². The fourth-order valence-electron chi connectivity index (χ4n) is 2.00. The van der Waals surface area contributed by atoms with Gasteiger partial charge in [-0.3, -0.25) is 0 Å². The molecule has 0 spiro atoms. The lowest BCUT2D eigenvalue weighted by atomic mass is 10.0. The highest BCUT2D eigenvalue weighted by Crippen LogP contribution is 2.48. The number of rotatable bonds is 7. The molecule has 0 atom stereocenters. The van der Waals surface area contributed by atoms with E-state index in [-0.39, 0.29) is 16.1 Å². The van der Waals surface area contributed by atoms with E-state index in [2.05, 4.69) is 10.3 Å². The second-order valence-corrected chi connectivity index (χ2v) is 5.35. The van der Waals surface area contributed by atoms with E-state index >= 15 is 0 Å². The number of nitrogens with one attached hydrogen (secondary N) is 1. The Hall–Kier alpha value is -1.33. The average Bonchev–Trinajstić information content (AvgIpc) is 3.14. The van der Waals surface area contributed by atoms with Crippen molar-refractivity contribution in [2.24, 2.45) is 5.41 Å². The molecule has 2 rings (SSSR count). The topological polar surface area (TPSA) is 71.5 Å². The smallest absolute Gasteiger partial charge is 0.335 e. The summed E-state index contributed by atoms with van der Waals surface area (Å²) in [7, 11) is 1.70. The minimum atomic E-state index is -1.01. The van der Waals surface area contributed by atoms with Crippen LogP contribution in [0.4, 0.5) is 5.82 Å². The molecule has 0 radical (unpaired) electrons. The van der Waals surface area contributed by atoms with Crippen LogP contribution in [0.3, 0.4) is 0 Å². The molecule has 1 aliphatic rings. The van der Waals surface area contributed by atoms with Crippen molar-refractivity contribution in [3.63, 3.8) is 0 Å². The molecule has 104 valence electrons. The molecule has 19 heavy (non-hydrogen) atoms. The molecule has 1 aromatic heterocycles. The minimum Gasteiger partial charge on any atom is -0.478 e. The Morgan fingerprint density at radius 2 is 2.32 bits per heavy atom. The maximum Gasteiger partial charge on any atom is 0.335 e. The number of carboxylic acid groups (broad SMARTS) is 1. The number of carboxylic acids is 1. The Morgan fingerprint density at radius 1 is 1.58 bits per heavy atom. The van der Waals surface area contributed by atoms with Gasteiger partial charge in [0.2, 0.25) is 0 Å². The number of methoxy groups -OCH3 is 1. The monoisotopic (exact) mass is 284 g/mol. The Bertz CT molecular complexity index is 475. The SMILES string of the molecule is COCCC1(CNc2cc(C(=O)O)cc(Cl)n2)CC1. The summed E-state index contributed by atoms with van der Waals surface area (Å²) in [5.41, 5.74) is 0.410. The highest BCUT2D eigenvalue weighted by atomic mass is 35.5. The number of hydrogen-bond donors (Lipinski definition) is 2. The molecular formula is C13H17ClN2O3. The van der Waals surface area contributed by atoms with Crippen LogP contribution in [0.5, 0.6) is 0 Å². The van der Waals surface area contributed by atoms with E-state index in [0.717, 1.165) is 32.4 Å². The van der Waals surface area contributed by atoms with E-state index in [4.69, 9.17) is 21.4 Å². The molecular weight excluding hydrogens is 268 g/mol. The minimum absolute atomic E-state index is 0.143. The third-order valence-corrected chi connectivity index (χ3v) is 3.67. The first kappa shape index (κ1) is 14.1. The number of aromatic nitrogens is 1. The number of ether oxygens (including phenoxy) is 1. The van der Waals surface area contributed by atoms with Crippen LogP contribution in [0.2, 0.25) is 5.15 Å². The normalized spacial score (nSPS) is 16.1. The largest absolute Gasteiger partial charge is 0.478 e. The van der Waals surface area contributed by atoms with Crippen LogP contribution in [-0.2, 0) is 4.74 Å². The summed E-state index contributed by atoms with van der Waals surface area (Å²) in [6, 6.07) is 2.84. The van der Waals surface area contributed by atoms with Crippen molar-refractivity contribution >= 4 is 23.4 Å². The predicted molar refractivity (Wildman–Crippen MR) is 72.9 cm³/mol. The first-order valence-corrected chi connectivity index (χ1v) is 6.56. The van der Waals surface area contributed by atoms with Gasteiger partial charge in [0.1, 0.15) is 11.0 Å². The van der Waals surface area contributed by atoms with Gasteiger partial charge in [-0.25, -0.2) is 9.78 Å². The van der Waals surface area contributed by atoms with Gasteiger partial charge >= 0.3 is 5.97 Å². The molecule has 0 aliphatic heterocycles. The maximum atomic E-state index is 10.9. The van der Waals surface area contributed by atoms with Crippen LogP contribution in [0, 0.1) is 5.41 Å². The lowest BCUT2D eigenvalue weighted by Gasteiger charge is -2.16. The number of aromatic carboxylic acids is 1. The molecule has 0 amide bonds. The van der Waals surface area contributed by atoms with E-state index in [1.807, 2.05) is 0 Å². The molecule has 6 heteroatoms. The van der Waals surface area contributed by atoms with E-state index in [0.29, 0.717) is 5.82 Å². The van der Waals surface area contributed by atoms with Crippen LogP contribution in [0.25, 0.3) is 0 Å². The summed E-state index contributed by atoms with van der Waals surface area (Å²) < 4.78 is 5.10. The van der Waals surface area contributed by atoms with Gasteiger partial charge in [0, 0.05) is 20.3 Å². The van der Waals surface area contributed by atoms with Crippen LogP contribution in [0.15, 0.2) is 12.1 Å². The molecule has 1 aliphatic carbocycles. The highest BCUT2D eigenvalue weighted by molar-refractivity contribution is 6.29. The van der Waals surface area contributed by atoms with Gasteiger partial charge < -0.3 is 15.2 Å². The third-order valence-electron chi connectivity index (χ3n) is 3.48. The van der Waals surface area contributed by atoms with E-state index in [1.165, 1.54) is 12.1 Å². The second-order valence-electron chi connectivity index (χ2n) is 4.97. The number of nitrogens with zero attached hydrogens (tertiary/aromatic N) is 1. The first-order valence-electron chi connectivity index (χ1n) is 6.18. The predicted octanol–water partition coefficient (Wildman–Crippen LogP) is 2.66. The van der Waals surface area contributed by atoms with E-state index in [1.54, 1.807) is 7.11 Å². The van der Waals surface area contributed by atoms with Gasteiger partial charge in [0.05, 0.1) is 5.56 Å². The fourth-order valence-corrected chi connectivity index (χ4v) is 2.21. The zero-order chi connectivity index (χ0) is 13.9. The van der Waals surface area contributed by atoms with Crippen molar-refractivity contribution in [2.75, 3.05) is 25.6 Å². The van der Waals surface area contributed by atoms with E-state index < -0.39 is 5.97 Å². The third kappa shape index (κ3) is 3.81. The van der Waals surface area contributed by atoms with Gasteiger partial charge in [0.15, 0.2) is 0 Å². The molecule has 1 heterocycles. The summed E-state index contributed by atoms with van der Waals surface area (Å²) >= 11 is 5.81. The van der Waals surface area contributed by atoms with Crippen molar-refractivity contribution < 1.29 is 14.6 Å². The first-order chi connectivity index (χ1) is 9.04. The summed E-state index contributed by atoms with van der Waals surface area (Å²) in [6.07, 6.45) is 3.33. The van der Waals surface area contributed by atoms with E-state index in [9.17, 15) is 4.79 Å². The summed E-state index contributed by atoms with van der Waals surface area (Å²) in [5.74, 6) is -0.499. The maximum absolute atomic E-state index is 10.9. The van der Waals surface area contributed by atoms with Gasteiger partial charge in [-0.15, -0.1) is 0 Å². The van der Waals surface area contributed by atoms with Crippen molar-refractivity contribution in [3.8, 4) is 0 Å². The van der Waals surface area contributed by atoms with Gasteiger partial charge in [0.25, 0.3) is 0 Å². The number of pyridine rings is 1. The van der Waals surface area contributed by atoms with Crippen molar-refractivity contribution in [1.82, 2.24) is 4.98 Å². The van der Waals surface area contributed by atoms with Gasteiger partial charge in [-0.2, -0.15) is 0 Å². The molecule has 0 aromatic carbocycles. The number of hydrogen-bond acceptors (Lipinski definition) is 4. The van der Waals surface area contributed by atoms with Crippen molar-refractivity contribution in [3.05, 3.63) is 22.8 Å². The molecule has 1 saturated carbocycles. The standard InChI is InChI=1S/C13H17ClN2O3/c1-19-5-4-13(2-3-13)8-15-11-7-9(12(17)18)6-10(14)16-11/h6-7H,2-5,8H2,1H3,(H,15,16)(H,17,18). The second kappa shape index (κ2) is 5.75. The van der Waals surface area contributed by atoms with Gasteiger partial charge in [-0.05, 0) is 36.8 Å². The van der Waals surface area contributed by atoms with Crippen molar-refractivity contribution in [2.45, 2.75) is 19.3 Å². The number of anilines is 1. The molecule has 2 N–H and O–H groups in total. The van der Waals surface area contributed by atoms with Crippen LogP contribution in [0.1, 0.15) is 29.6 Å². The Balaban J connectivity index is 1.98. The molecule has 0 unspecified atom stereocenters. The van der Waals surface area contributed by atoms with Crippen LogP contribution in [-0.4, -0.2) is 36.3 Å². The quantitative estimate of drug-likeness (QED) is 0.753. The van der Waals surface area contributed by atoms with Crippen LogP contribution < -0.4 is 5.32 Å². The number of carbonyl (C=O) groups is 1. The summed E-state index contributed by atoms with van der Waals surface area (Å²) in [4.78, 5) is 15.0. The number of halogens is 1. The lowest BCUT2D eigenvalue weighted by Crippen LogP contribution is -2.18. The summed E-state index contributed by atoms with van der Waals surface area (Å²) in [5, 5.41) is 12.3. The fraction of sp³-hybridized carbons (Fsp3) is 0.538. The summed E-state index contributed by atoms with van der Waals surface area (Å²) in [6.45, 7) is 1.51. The molecule has 5 nitrogen and oxygen atoms in total.